The van der Waals surface area contributed by atoms with Crippen LogP contribution < -0.4 is 5.32 Å². The highest BCUT2D eigenvalue weighted by molar-refractivity contribution is 5.69. The molecule has 0 aliphatic carbocycles. The molecular weight excluding hydrogens is 276 g/mol. The van der Waals surface area contributed by atoms with Crippen LogP contribution in [0.3, 0.4) is 0 Å². The Balaban J connectivity index is 1.82. The van der Waals surface area contributed by atoms with E-state index >= 15 is 0 Å². The van der Waals surface area contributed by atoms with Gasteiger partial charge in [0.25, 0.3) is 0 Å². The summed E-state index contributed by atoms with van der Waals surface area (Å²) in [7, 11) is 0. The lowest BCUT2D eigenvalue weighted by molar-refractivity contribution is 0.0281. The monoisotopic (exact) mass is 302 g/mol. The molecule has 2 unspecified atom stereocenters. The first-order valence-electron chi connectivity index (χ1n) is 8.18. The Bertz CT molecular complexity index is 530. The minimum absolute atomic E-state index is 0.0122. The molecule has 2 atom stereocenters. The molecule has 0 bridgehead atoms. The van der Waals surface area contributed by atoms with Crippen molar-refractivity contribution in [3.05, 3.63) is 35.9 Å². The number of nitrogens with zero attached hydrogens (tertiary/aromatic N) is 1. The lowest BCUT2D eigenvalue weighted by Crippen LogP contribution is -2.47. The van der Waals surface area contributed by atoms with E-state index in [-0.39, 0.29) is 11.6 Å². The summed E-state index contributed by atoms with van der Waals surface area (Å²) in [5.74, 6) is 0.337. The first kappa shape index (κ1) is 15.3. The Morgan fingerprint density at radius 3 is 2.64 bits per heavy atom. The van der Waals surface area contributed by atoms with Gasteiger partial charge in [0.1, 0.15) is 5.60 Å². The Kier molecular flexibility index (Phi) is 3.89. The summed E-state index contributed by atoms with van der Waals surface area (Å²) in [4.78, 5) is 14.3. The standard InChI is InChI=1S/C18H26N2O2/c1-17(2,3)22-16(21)20-12-15(14-8-5-4-6-9-14)18(13-20)10-7-11-19-18/h4-6,8-9,15,19H,7,10-13H2,1-3H3. The number of carbonyl (C=O) groups excluding carboxylic acids is 1. The molecule has 2 fully saturated rings. The van der Waals surface area contributed by atoms with Crippen LogP contribution in [0.4, 0.5) is 4.79 Å². The molecule has 2 saturated heterocycles. The summed E-state index contributed by atoms with van der Waals surface area (Å²) in [6.07, 6.45) is 2.09. The first-order chi connectivity index (χ1) is 10.4. The zero-order chi connectivity index (χ0) is 15.8. The maximum atomic E-state index is 12.5. The van der Waals surface area contributed by atoms with Crippen molar-refractivity contribution in [1.82, 2.24) is 10.2 Å². The smallest absolute Gasteiger partial charge is 0.410 e. The van der Waals surface area contributed by atoms with Crippen LogP contribution >= 0.6 is 0 Å². The van der Waals surface area contributed by atoms with Crippen molar-refractivity contribution < 1.29 is 9.53 Å². The zero-order valence-electron chi connectivity index (χ0n) is 13.8. The number of likely N-dealkylation sites (tertiary alicyclic amines) is 1. The number of ether oxygens (including phenoxy) is 1. The first-order valence-corrected chi connectivity index (χ1v) is 8.18. The average Bonchev–Trinajstić information content (AvgIpc) is 3.07. The van der Waals surface area contributed by atoms with E-state index in [1.54, 1.807) is 0 Å². The van der Waals surface area contributed by atoms with Crippen LogP contribution in [0.2, 0.25) is 0 Å². The third kappa shape index (κ3) is 2.98. The van der Waals surface area contributed by atoms with Crippen LogP contribution in [0, 0.1) is 0 Å². The molecule has 4 nitrogen and oxygen atoms in total. The van der Waals surface area contributed by atoms with E-state index in [9.17, 15) is 4.79 Å². The van der Waals surface area contributed by atoms with Crippen LogP contribution in [-0.2, 0) is 4.74 Å². The molecule has 1 N–H and O–H groups in total. The SMILES string of the molecule is CC(C)(C)OC(=O)N1CC(c2ccccc2)C2(CCCN2)C1. The highest BCUT2D eigenvalue weighted by Gasteiger charge is 2.50. The molecule has 1 aromatic carbocycles. The molecule has 22 heavy (non-hydrogen) atoms. The second-order valence-electron chi connectivity index (χ2n) is 7.51. The van der Waals surface area contributed by atoms with Crippen molar-refractivity contribution in [2.45, 2.75) is 50.7 Å². The Hall–Kier alpha value is -1.55. The van der Waals surface area contributed by atoms with Gasteiger partial charge >= 0.3 is 6.09 Å². The van der Waals surface area contributed by atoms with Gasteiger partial charge in [0.2, 0.25) is 0 Å². The van der Waals surface area contributed by atoms with E-state index in [2.05, 4.69) is 29.6 Å². The second-order valence-corrected chi connectivity index (χ2v) is 7.51. The third-order valence-electron chi connectivity index (χ3n) is 4.67. The van der Waals surface area contributed by atoms with Crippen molar-refractivity contribution in [2.24, 2.45) is 0 Å². The predicted octanol–water partition coefficient (Wildman–Crippen LogP) is 3.14. The molecule has 2 aliphatic rings. The highest BCUT2D eigenvalue weighted by atomic mass is 16.6. The molecule has 4 heteroatoms. The summed E-state index contributed by atoms with van der Waals surface area (Å²) in [5.41, 5.74) is 0.874. The number of nitrogens with one attached hydrogen (secondary N) is 1. The molecule has 1 spiro atoms. The van der Waals surface area contributed by atoms with E-state index in [0.29, 0.717) is 5.92 Å². The van der Waals surface area contributed by atoms with Crippen LogP contribution in [0.25, 0.3) is 0 Å². The number of rotatable bonds is 1. The lowest BCUT2D eigenvalue weighted by atomic mass is 9.81. The fourth-order valence-electron chi connectivity index (χ4n) is 3.75. The van der Waals surface area contributed by atoms with Crippen LogP contribution in [0.15, 0.2) is 30.3 Å². The van der Waals surface area contributed by atoms with Gasteiger partial charge in [-0.1, -0.05) is 30.3 Å². The maximum Gasteiger partial charge on any atom is 0.410 e. The van der Waals surface area contributed by atoms with Crippen molar-refractivity contribution in [3.63, 3.8) is 0 Å². The minimum atomic E-state index is -0.446. The molecular formula is C18H26N2O2. The number of amides is 1. The van der Waals surface area contributed by atoms with Crippen LogP contribution in [-0.4, -0.2) is 41.8 Å². The van der Waals surface area contributed by atoms with Crippen molar-refractivity contribution in [3.8, 4) is 0 Å². The number of benzene rings is 1. The Morgan fingerprint density at radius 1 is 1.32 bits per heavy atom. The number of hydrogen-bond donors (Lipinski definition) is 1. The summed E-state index contributed by atoms with van der Waals surface area (Å²) in [6.45, 7) is 8.25. The molecule has 2 aliphatic heterocycles. The Morgan fingerprint density at radius 2 is 2.05 bits per heavy atom. The minimum Gasteiger partial charge on any atom is -0.444 e. The van der Waals surface area contributed by atoms with Gasteiger partial charge in [-0.3, -0.25) is 0 Å². The Labute approximate surface area is 132 Å². The lowest BCUT2D eigenvalue weighted by Gasteiger charge is -2.30. The third-order valence-corrected chi connectivity index (χ3v) is 4.67. The van der Waals surface area contributed by atoms with E-state index in [4.69, 9.17) is 4.74 Å². The summed E-state index contributed by atoms with van der Waals surface area (Å²) in [5, 5.41) is 3.68. The molecule has 120 valence electrons. The van der Waals surface area contributed by atoms with Gasteiger partial charge in [0.15, 0.2) is 0 Å². The van der Waals surface area contributed by atoms with Gasteiger partial charge in [-0.15, -0.1) is 0 Å². The number of hydrogen-bond acceptors (Lipinski definition) is 3. The van der Waals surface area contributed by atoms with Gasteiger partial charge < -0.3 is 15.0 Å². The summed E-state index contributed by atoms with van der Waals surface area (Å²) in [6, 6.07) is 10.5. The largest absolute Gasteiger partial charge is 0.444 e. The molecule has 0 aromatic heterocycles. The van der Waals surface area contributed by atoms with Gasteiger partial charge in [-0.2, -0.15) is 0 Å². The van der Waals surface area contributed by atoms with Gasteiger partial charge in [0, 0.05) is 24.5 Å². The average molecular weight is 302 g/mol. The molecule has 0 saturated carbocycles. The van der Waals surface area contributed by atoms with Gasteiger partial charge in [0.05, 0.1) is 0 Å². The van der Waals surface area contributed by atoms with Crippen molar-refractivity contribution in [2.75, 3.05) is 19.6 Å². The van der Waals surface area contributed by atoms with Crippen LogP contribution in [0.1, 0.15) is 45.1 Å². The van der Waals surface area contributed by atoms with Crippen molar-refractivity contribution in [1.29, 1.82) is 0 Å². The summed E-state index contributed by atoms with van der Waals surface area (Å²) >= 11 is 0. The summed E-state index contributed by atoms with van der Waals surface area (Å²) < 4.78 is 5.57. The molecule has 2 heterocycles. The van der Waals surface area contributed by atoms with E-state index < -0.39 is 5.60 Å². The molecule has 1 amide bonds. The second kappa shape index (κ2) is 5.58. The maximum absolute atomic E-state index is 12.5. The van der Waals surface area contributed by atoms with E-state index in [0.717, 1.165) is 26.1 Å². The van der Waals surface area contributed by atoms with Crippen LogP contribution in [0.5, 0.6) is 0 Å². The number of carbonyl (C=O) groups is 1. The van der Waals surface area contributed by atoms with E-state index in [1.807, 2.05) is 31.7 Å². The quantitative estimate of drug-likeness (QED) is 0.866. The fourth-order valence-corrected chi connectivity index (χ4v) is 3.75. The predicted molar refractivity (Wildman–Crippen MR) is 87.0 cm³/mol. The topological polar surface area (TPSA) is 41.6 Å². The van der Waals surface area contributed by atoms with E-state index in [1.165, 1.54) is 12.0 Å². The van der Waals surface area contributed by atoms with Gasteiger partial charge in [-0.25, -0.2) is 4.79 Å². The molecule has 1 aromatic rings. The van der Waals surface area contributed by atoms with Crippen molar-refractivity contribution >= 4 is 6.09 Å². The zero-order valence-corrected chi connectivity index (χ0v) is 13.8. The highest BCUT2D eigenvalue weighted by Crippen LogP contribution is 2.41. The fraction of sp³-hybridized carbons (Fsp3) is 0.611. The molecule has 3 rings (SSSR count). The van der Waals surface area contributed by atoms with Gasteiger partial charge in [-0.05, 0) is 45.7 Å². The normalized spacial score (nSPS) is 28.3. The molecule has 0 radical (unpaired) electrons.